The number of carbonyl (C=O) groups is 1. The molecule has 0 bridgehead atoms. The summed E-state index contributed by atoms with van der Waals surface area (Å²) in [6.45, 7) is 0. The molecule has 25 heavy (non-hydrogen) atoms. The predicted molar refractivity (Wildman–Crippen MR) is 96.3 cm³/mol. The molecule has 0 radical (unpaired) electrons. The average Bonchev–Trinajstić information content (AvgIpc) is 2.61. The standard InChI is InChI=1S/C17H19ClN2O4S/c1-19-17(21)15(10-12-6-4-3-5-7-12)20-25(22,23)13-8-9-16(24-2)14(18)11-13/h3-9,11,15,20H,10H2,1-2H3,(H,19,21)/t15-/m1/s1. The van der Waals surface area contributed by atoms with Crippen LogP contribution in [0, 0.1) is 0 Å². The lowest BCUT2D eigenvalue weighted by Gasteiger charge is -2.18. The molecule has 0 fully saturated rings. The van der Waals surface area contributed by atoms with Gasteiger partial charge in [0.1, 0.15) is 11.8 Å². The highest BCUT2D eigenvalue weighted by atomic mass is 35.5. The van der Waals surface area contributed by atoms with Crippen molar-refractivity contribution in [2.24, 2.45) is 0 Å². The summed E-state index contributed by atoms with van der Waals surface area (Å²) >= 11 is 6.00. The first kappa shape index (κ1) is 19.2. The van der Waals surface area contributed by atoms with Crippen LogP contribution in [0.25, 0.3) is 0 Å². The molecule has 1 atom stereocenters. The van der Waals surface area contributed by atoms with Crippen molar-refractivity contribution in [3.8, 4) is 5.75 Å². The fourth-order valence-corrected chi connectivity index (χ4v) is 3.83. The Labute approximate surface area is 152 Å². The van der Waals surface area contributed by atoms with Crippen molar-refractivity contribution in [3.05, 3.63) is 59.1 Å². The van der Waals surface area contributed by atoms with E-state index < -0.39 is 22.0 Å². The molecular weight excluding hydrogens is 364 g/mol. The number of ether oxygens (including phenoxy) is 1. The van der Waals surface area contributed by atoms with Crippen LogP contribution in [-0.4, -0.2) is 34.5 Å². The number of nitrogens with one attached hydrogen (secondary N) is 2. The number of likely N-dealkylation sites (N-methyl/N-ethyl adjacent to an activating group) is 1. The van der Waals surface area contributed by atoms with Gasteiger partial charge in [-0.05, 0) is 30.2 Å². The molecule has 2 aromatic rings. The Morgan fingerprint density at radius 2 is 1.88 bits per heavy atom. The molecule has 0 saturated carbocycles. The second kappa shape index (κ2) is 8.33. The largest absolute Gasteiger partial charge is 0.495 e. The van der Waals surface area contributed by atoms with Gasteiger partial charge in [0.15, 0.2) is 0 Å². The van der Waals surface area contributed by atoms with E-state index in [0.717, 1.165) is 5.56 Å². The first-order valence-electron chi connectivity index (χ1n) is 7.48. The topological polar surface area (TPSA) is 84.5 Å². The third-order valence-electron chi connectivity index (χ3n) is 3.58. The number of hydrogen-bond acceptors (Lipinski definition) is 4. The summed E-state index contributed by atoms with van der Waals surface area (Å²) in [4.78, 5) is 12.1. The molecule has 134 valence electrons. The third-order valence-corrected chi connectivity index (χ3v) is 5.34. The number of halogens is 1. The second-order valence-corrected chi connectivity index (χ2v) is 7.40. The zero-order valence-corrected chi connectivity index (χ0v) is 15.4. The van der Waals surface area contributed by atoms with Gasteiger partial charge in [0.25, 0.3) is 0 Å². The Morgan fingerprint density at radius 1 is 1.20 bits per heavy atom. The Hall–Kier alpha value is -2.09. The minimum atomic E-state index is -3.93. The molecule has 0 unspecified atom stereocenters. The maximum Gasteiger partial charge on any atom is 0.241 e. The zero-order chi connectivity index (χ0) is 18.4. The highest BCUT2D eigenvalue weighted by Gasteiger charge is 2.26. The van der Waals surface area contributed by atoms with E-state index in [1.165, 1.54) is 32.4 Å². The molecule has 6 nitrogen and oxygen atoms in total. The van der Waals surface area contributed by atoms with Crippen molar-refractivity contribution >= 4 is 27.5 Å². The zero-order valence-electron chi connectivity index (χ0n) is 13.8. The van der Waals surface area contributed by atoms with E-state index >= 15 is 0 Å². The van der Waals surface area contributed by atoms with Gasteiger partial charge in [-0.2, -0.15) is 4.72 Å². The number of rotatable bonds is 7. The number of sulfonamides is 1. The van der Waals surface area contributed by atoms with E-state index in [-0.39, 0.29) is 16.3 Å². The lowest BCUT2D eigenvalue weighted by Crippen LogP contribution is -2.46. The number of carbonyl (C=O) groups excluding carboxylic acids is 1. The fraction of sp³-hybridized carbons (Fsp3) is 0.235. The Balaban J connectivity index is 2.27. The van der Waals surface area contributed by atoms with Crippen LogP contribution in [-0.2, 0) is 21.2 Å². The van der Waals surface area contributed by atoms with Crippen LogP contribution in [0.1, 0.15) is 5.56 Å². The highest BCUT2D eigenvalue weighted by Crippen LogP contribution is 2.27. The van der Waals surface area contributed by atoms with Gasteiger partial charge in [-0.25, -0.2) is 8.42 Å². The Kier molecular flexibility index (Phi) is 6.41. The number of benzene rings is 2. The normalized spacial score (nSPS) is 12.4. The molecule has 0 heterocycles. The predicted octanol–water partition coefficient (Wildman–Crippen LogP) is 1.98. The summed E-state index contributed by atoms with van der Waals surface area (Å²) in [5, 5.41) is 2.65. The first-order chi connectivity index (χ1) is 11.9. The molecule has 2 rings (SSSR count). The van der Waals surface area contributed by atoms with Gasteiger partial charge >= 0.3 is 0 Å². The molecule has 0 aromatic heterocycles. The quantitative estimate of drug-likeness (QED) is 0.766. The van der Waals surface area contributed by atoms with Crippen LogP contribution < -0.4 is 14.8 Å². The molecule has 2 aromatic carbocycles. The third kappa shape index (κ3) is 4.94. The SMILES string of the molecule is CNC(=O)[C@@H](Cc1ccccc1)NS(=O)(=O)c1ccc(OC)c(Cl)c1. The molecule has 0 saturated heterocycles. The summed E-state index contributed by atoms with van der Waals surface area (Å²) in [7, 11) is -1.04. The first-order valence-corrected chi connectivity index (χ1v) is 9.35. The average molecular weight is 383 g/mol. The summed E-state index contributed by atoms with van der Waals surface area (Å²) in [6, 6.07) is 12.3. The maximum atomic E-state index is 12.6. The Bertz CT molecular complexity index is 841. The van der Waals surface area contributed by atoms with Crippen molar-refractivity contribution in [1.82, 2.24) is 10.0 Å². The molecule has 2 N–H and O–H groups in total. The van der Waals surface area contributed by atoms with Crippen molar-refractivity contribution in [2.75, 3.05) is 14.2 Å². The van der Waals surface area contributed by atoms with Gasteiger partial charge < -0.3 is 10.1 Å². The second-order valence-electron chi connectivity index (χ2n) is 5.27. The summed E-state index contributed by atoms with van der Waals surface area (Å²) in [5.74, 6) is -0.0557. The number of hydrogen-bond donors (Lipinski definition) is 2. The van der Waals surface area contributed by atoms with Crippen molar-refractivity contribution in [1.29, 1.82) is 0 Å². The molecular formula is C17H19ClN2O4S. The van der Waals surface area contributed by atoms with Gasteiger partial charge in [0, 0.05) is 7.05 Å². The van der Waals surface area contributed by atoms with Crippen molar-refractivity contribution < 1.29 is 17.9 Å². The van der Waals surface area contributed by atoms with Crippen molar-refractivity contribution in [2.45, 2.75) is 17.4 Å². The van der Waals surface area contributed by atoms with E-state index in [4.69, 9.17) is 16.3 Å². The van der Waals surface area contributed by atoms with Crippen LogP contribution in [0.2, 0.25) is 5.02 Å². The Morgan fingerprint density at radius 3 is 2.44 bits per heavy atom. The van der Waals surface area contributed by atoms with Gasteiger partial charge in [-0.1, -0.05) is 41.9 Å². The molecule has 0 aliphatic carbocycles. The van der Waals surface area contributed by atoms with E-state index in [1.54, 1.807) is 0 Å². The number of amides is 1. The molecule has 1 amide bonds. The molecule has 8 heteroatoms. The summed E-state index contributed by atoms with van der Waals surface area (Å²) < 4.78 is 32.7. The van der Waals surface area contributed by atoms with E-state index in [2.05, 4.69) is 10.0 Å². The lowest BCUT2D eigenvalue weighted by molar-refractivity contribution is -0.122. The molecule has 0 aliphatic heterocycles. The van der Waals surface area contributed by atoms with E-state index in [9.17, 15) is 13.2 Å². The van der Waals surface area contributed by atoms with E-state index in [1.807, 2.05) is 30.3 Å². The number of methoxy groups -OCH3 is 1. The minimum absolute atomic E-state index is 0.0414. The molecule has 0 spiro atoms. The fourth-order valence-electron chi connectivity index (χ4n) is 2.28. The highest BCUT2D eigenvalue weighted by molar-refractivity contribution is 7.89. The summed E-state index contributed by atoms with van der Waals surface area (Å²) in [6.07, 6.45) is 0.226. The van der Waals surface area contributed by atoms with E-state index in [0.29, 0.717) is 5.75 Å². The van der Waals surface area contributed by atoms with Gasteiger partial charge in [-0.3, -0.25) is 4.79 Å². The van der Waals surface area contributed by atoms with Crippen LogP contribution in [0.4, 0.5) is 0 Å². The van der Waals surface area contributed by atoms with Gasteiger partial charge in [0.05, 0.1) is 17.0 Å². The molecule has 0 aliphatic rings. The monoisotopic (exact) mass is 382 g/mol. The van der Waals surface area contributed by atoms with Crippen LogP contribution in [0.15, 0.2) is 53.4 Å². The van der Waals surface area contributed by atoms with Crippen LogP contribution >= 0.6 is 11.6 Å². The summed E-state index contributed by atoms with van der Waals surface area (Å²) in [5.41, 5.74) is 0.839. The smallest absolute Gasteiger partial charge is 0.241 e. The van der Waals surface area contributed by atoms with Crippen molar-refractivity contribution in [3.63, 3.8) is 0 Å². The van der Waals surface area contributed by atoms with Crippen LogP contribution in [0.5, 0.6) is 5.75 Å². The van der Waals surface area contributed by atoms with Crippen LogP contribution in [0.3, 0.4) is 0 Å². The minimum Gasteiger partial charge on any atom is -0.495 e. The van der Waals surface area contributed by atoms with Gasteiger partial charge in [0.2, 0.25) is 15.9 Å². The maximum absolute atomic E-state index is 12.6. The van der Waals surface area contributed by atoms with Gasteiger partial charge in [-0.15, -0.1) is 0 Å². The lowest BCUT2D eigenvalue weighted by atomic mass is 10.1.